The van der Waals surface area contributed by atoms with Crippen LogP contribution in [0.15, 0.2) is 66.7 Å². The molecule has 0 aliphatic carbocycles. The van der Waals surface area contributed by atoms with Crippen molar-refractivity contribution >= 4 is 11.0 Å². The molecule has 0 spiro atoms. The Bertz CT molecular complexity index is 1140. The van der Waals surface area contributed by atoms with Gasteiger partial charge in [-0.3, -0.25) is 0 Å². The maximum absolute atomic E-state index is 6.19. The van der Waals surface area contributed by atoms with Crippen molar-refractivity contribution in [3.63, 3.8) is 0 Å². The Morgan fingerprint density at radius 2 is 1.73 bits per heavy atom. The lowest BCUT2D eigenvalue weighted by molar-refractivity contribution is 0.289. The van der Waals surface area contributed by atoms with Crippen LogP contribution < -0.4 is 4.74 Å². The summed E-state index contributed by atoms with van der Waals surface area (Å²) < 4.78 is 8.47. The van der Waals surface area contributed by atoms with Gasteiger partial charge in [-0.15, -0.1) is 0 Å². The van der Waals surface area contributed by atoms with Gasteiger partial charge in [-0.05, 0) is 66.6 Å². The number of imidazole rings is 1. The van der Waals surface area contributed by atoms with Gasteiger partial charge < -0.3 is 9.30 Å². The second-order valence-corrected chi connectivity index (χ2v) is 8.21. The third kappa shape index (κ3) is 4.25. The van der Waals surface area contributed by atoms with Crippen LogP contribution in [0.3, 0.4) is 0 Å². The normalized spacial score (nSPS) is 12.3. The summed E-state index contributed by atoms with van der Waals surface area (Å²) in [5.74, 6) is 2.46. The van der Waals surface area contributed by atoms with Crippen LogP contribution in [0, 0.1) is 13.8 Å². The van der Waals surface area contributed by atoms with Gasteiger partial charge in [-0.1, -0.05) is 62.4 Å². The molecule has 0 N–H and O–H groups in total. The lowest BCUT2D eigenvalue weighted by Gasteiger charge is -2.14. The zero-order valence-electron chi connectivity index (χ0n) is 18.4. The number of aryl methyl sites for hydroxylation is 2. The quantitative estimate of drug-likeness (QED) is 0.342. The number of nitrogens with zero attached hydrogens (tertiary/aromatic N) is 2. The van der Waals surface area contributed by atoms with E-state index in [1.165, 1.54) is 16.7 Å². The van der Waals surface area contributed by atoms with Gasteiger partial charge in [0.15, 0.2) is 0 Å². The predicted molar refractivity (Wildman–Crippen MR) is 124 cm³/mol. The predicted octanol–water partition coefficient (Wildman–Crippen LogP) is 6.79. The maximum Gasteiger partial charge on any atom is 0.148 e. The van der Waals surface area contributed by atoms with Crippen molar-refractivity contribution in [1.82, 2.24) is 9.55 Å². The van der Waals surface area contributed by atoms with E-state index in [4.69, 9.17) is 9.72 Å². The maximum atomic E-state index is 6.19. The summed E-state index contributed by atoms with van der Waals surface area (Å²) in [6, 6.07) is 23.6. The van der Waals surface area contributed by atoms with Gasteiger partial charge in [0, 0.05) is 6.54 Å². The lowest BCUT2D eigenvalue weighted by atomic mass is 9.98. The second kappa shape index (κ2) is 8.74. The number of benzene rings is 3. The highest BCUT2D eigenvalue weighted by atomic mass is 16.5. The topological polar surface area (TPSA) is 27.1 Å². The lowest BCUT2D eigenvalue weighted by Crippen LogP contribution is -2.09. The molecular weight excluding hydrogens is 368 g/mol. The number of para-hydroxylation sites is 2. The minimum atomic E-state index is 0.448. The van der Waals surface area contributed by atoms with Crippen molar-refractivity contribution in [3.8, 4) is 5.75 Å². The molecule has 3 heteroatoms. The van der Waals surface area contributed by atoms with Crippen LogP contribution in [-0.4, -0.2) is 9.55 Å². The summed E-state index contributed by atoms with van der Waals surface area (Å²) in [5.41, 5.74) is 7.17. The van der Waals surface area contributed by atoms with E-state index in [2.05, 4.69) is 92.9 Å². The van der Waals surface area contributed by atoms with E-state index in [0.29, 0.717) is 12.5 Å². The van der Waals surface area contributed by atoms with Crippen molar-refractivity contribution < 1.29 is 4.74 Å². The molecule has 1 aromatic heterocycles. The van der Waals surface area contributed by atoms with Gasteiger partial charge in [0.2, 0.25) is 0 Å². The first-order chi connectivity index (χ1) is 14.5. The fourth-order valence-electron chi connectivity index (χ4n) is 3.79. The summed E-state index contributed by atoms with van der Waals surface area (Å²) >= 11 is 0. The number of fused-ring (bicyclic) bond motifs is 1. The third-order valence-electron chi connectivity index (χ3n) is 5.94. The molecule has 4 rings (SSSR count). The van der Waals surface area contributed by atoms with Gasteiger partial charge in [-0.2, -0.15) is 0 Å². The highest BCUT2D eigenvalue weighted by molar-refractivity contribution is 5.76. The summed E-state index contributed by atoms with van der Waals surface area (Å²) in [5, 5.41) is 0. The summed E-state index contributed by atoms with van der Waals surface area (Å²) in [6.45, 7) is 9.91. The molecule has 0 radical (unpaired) electrons. The van der Waals surface area contributed by atoms with Crippen molar-refractivity contribution in [2.45, 2.75) is 53.2 Å². The number of hydrogen-bond acceptors (Lipinski definition) is 2. The number of hydrogen-bond donors (Lipinski definition) is 0. The highest BCUT2D eigenvalue weighted by Gasteiger charge is 2.13. The first kappa shape index (κ1) is 20.2. The van der Waals surface area contributed by atoms with Crippen molar-refractivity contribution in [1.29, 1.82) is 0 Å². The van der Waals surface area contributed by atoms with Gasteiger partial charge >= 0.3 is 0 Å². The van der Waals surface area contributed by atoms with Gasteiger partial charge in [0.05, 0.1) is 11.0 Å². The molecule has 3 aromatic carbocycles. The molecule has 0 aliphatic rings. The highest BCUT2D eigenvalue weighted by Crippen LogP contribution is 2.24. The molecule has 1 heterocycles. The monoisotopic (exact) mass is 398 g/mol. The molecule has 0 saturated heterocycles. The standard InChI is InChI=1S/C27H30N2O/c1-5-20(3)23-14-12-22(13-15-23)17-29-25-9-7-6-8-24(25)28-27(29)18-30-26-16-19(2)10-11-21(26)4/h6-16,20H,5,17-18H2,1-4H3. The minimum Gasteiger partial charge on any atom is -0.485 e. The third-order valence-corrected chi connectivity index (χ3v) is 5.94. The largest absolute Gasteiger partial charge is 0.485 e. The first-order valence-corrected chi connectivity index (χ1v) is 10.8. The van der Waals surface area contributed by atoms with Crippen molar-refractivity contribution in [2.24, 2.45) is 0 Å². The molecule has 0 aliphatic heterocycles. The Balaban J connectivity index is 1.62. The molecule has 154 valence electrons. The Kier molecular flexibility index (Phi) is 5.89. The van der Waals surface area contributed by atoms with Crippen LogP contribution >= 0.6 is 0 Å². The number of rotatable bonds is 7. The molecule has 0 saturated carbocycles. The number of aromatic nitrogens is 2. The molecule has 0 amide bonds. The fourth-order valence-corrected chi connectivity index (χ4v) is 3.79. The van der Waals surface area contributed by atoms with Gasteiger partial charge in [-0.25, -0.2) is 4.98 Å². The van der Waals surface area contributed by atoms with Crippen LogP contribution in [0.2, 0.25) is 0 Å². The Hall–Kier alpha value is -3.07. The average molecular weight is 399 g/mol. The summed E-state index contributed by atoms with van der Waals surface area (Å²) in [7, 11) is 0. The van der Waals surface area contributed by atoms with Crippen molar-refractivity contribution in [2.75, 3.05) is 0 Å². The van der Waals surface area contributed by atoms with Gasteiger partial charge in [0.1, 0.15) is 18.2 Å². The van der Waals surface area contributed by atoms with Crippen molar-refractivity contribution in [3.05, 3.63) is 94.8 Å². The molecule has 30 heavy (non-hydrogen) atoms. The Morgan fingerprint density at radius 1 is 0.967 bits per heavy atom. The SMILES string of the molecule is CCC(C)c1ccc(Cn2c(COc3cc(C)ccc3C)nc3ccccc32)cc1. The van der Waals surface area contributed by atoms with Gasteiger partial charge in [0.25, 0.3) is 0 Å². The zero-order chi connectivity index (χ0) is 21.1. The van der Waals surface area contributed by atoms with E-state index in [9.17, 15) is 0 Å². The fraction of sp³-hybridized carbons (Fsp3) is 0.296. The second-order valence-electron chi connectivity index (χ2n) is 8.21. The Morgan fingerprint density at radius 3 is 2.50 bits per heavy atom. The molecular formula is C27H30N2O. The average Bonchev–Trinajstić information content (AvgIpc) is 3.11. The smallest absolute Gasteiger partial charge is 0.148 e. The summed E-state index contributed by atoms with van der Waals surface area (Å²) in [6.07, 6.45) is 1.16. The first-order valence-electron chi connectivity index (χ1n) is 10.8. The van der Waals surface area contributed by atoms with E-state index >= 15 is 0 Å². The molecule has 3 nitrogen and oxygen atoms in total. The summed E-state index contributed by atoms with van der Waals surface area (Å²) in [4.78, 5) is 4.87. The van der Waals surface area contributed by atoms with E-state index in [1.54, 1.807) is 0 Å². The van der Waals surface area contributed by atoms with Crippen LogP contribution in [0.5, 0.6) is 5.75 Å². The van der Waals surface area contributed by atoms with E-state index in [0.717, 1.165) is 41.1 Å². The molecule has 1 atom stereocenters. The van der Waals surface area contributed by atoms with E-state index < -0.39 is 0 Å². The van der Waals surface area contributed by atoms with Crippen LogP contribution in [0.25, 0.3) is 11.0 Å². The van der Waals surface area contributed by atoms with Crippen LogP contribution in [0.1, 0.15) is 54.3 Å². The molecule has 0 fully saturated rings. The molecule has 4 aromatic rings. The molecule has 1 unspecified atom stereocenters. The van der Waals surface area contributed by atoms with E-state index in [1.807, 2.05) is 6.07 Å². The van der Waals surface area contributed by atoms with Crippen LogP contribution in [-0.2, 0) is 13.2 Å². The van der Waals surface area contributed by atoms with Crippen LogP contribution in [0.4, 0.5) is 0 Å². The zero-order valence-corrected chi connectivity index (χ0v) is 18.4. The minimum absolute atomic E-state index is 0.448. The van der Waals surface area contributed by atoms with E-state index in [-0.39, 0.29) is 0 Å². The Labute approximate surface area is 179 Å². The number of ether oxygens (including phenoxy) is 1. The molecule has 0 bridgehead atoms.